The van der Waals surface area contributed by atoms with Gasteiger partial charge in [0, 0.05) is 18.0 Å². The van der Waals surface area contributed by atoms with Crippen LogP contribution in [0.1, 0.15) is 26.3 Å². The van der Waals surface area contributed by atoms with E-state index in [9.17, 15) is 9.59 Å². The fourth-order valence-electron chi connectivity index (χ4n) is 3.31. The summed E-state index contributed by atoms with van der Waals surface area (Å²) in [6.07, 6.45) is 3.38. The molecule has 2 heterocycles. The number of carbonyl (C=O) groups is 2. The van der Waals surface area contributed by atoms with Gasteiger partial charge in [0.15, 0.2) is 5.13 Å². The van der Waals surface area contributed by atoms with Crippen molar-refractivity contribution in [1.82, 2.24) is 9.97 Å². The van der Waals surface area contributed by atoms with Gasteiger partial charge in [0.2, 0.25) is 0 Å². The molecule has 2 aromatic carbocycles. The zero-order valence-electron chi connectivity index (χ0n) is 18.3. The Morgan fingerprint density at radius 2 is 1.64 bits per heavy atom. The molecule has 8 nitrogen and oxygen atoms in total. The lowest BCUT2D eigenvalue weighted by Gasteiger charge is -2.20. The number of ether oxygens (including phenoxy) is 3. The number of hydrogen-bond donors (Lipinski definition) is 0. The highest BCUT2D eigenvalue weighted by Crippen LogP contribution is 2.40. The van der Waals surface area contributed by atoms with Crippen molar-refractivity contribution < 1.29 is 23.8 Å². The topological polar surface area (TPSA) is 90.9 Å². The van der Waals surface area contributed by atoms with Crippen LogP contribution >= 0.6 is 11.3 Å². The van der Waals surface area contributed by atoms with Crippen molar-refractivity contribution in [2.75, 3.05) is 26.2 Å². The minimum absolute atomic E-state index is 0.260. The SMILES string of the molecule is COC(=O)c1ccc(C(=O)N(Cc2cccnc2)c2nc3c(OC)ccc(OC)c3s2)cc1. The summed E-state index contributed by atoms with van der Waals surface area (Å²) in [5, 5.41) is 0.485. The first-order valence-corrected chi connectivity index (χ1v) is 10.8. The van der Waals surface area contributed by atoms with Gasteiger partial charge >= 0.3 is 5.97 Å². The standard InChI is InChI=1S/C24H21N3O5S/c1-30-18-10-11-19(31-2)21-20(18)26-24(33-21)27(14-15-5-4-12-25-13-15)22(28)16-6-8-17(9-7-16)23(29)32-3/h4-13H,14H2,1-3H3. The Bertz CT molecular complexity index is 1250. The second-order valence-electron chi connectivity index (χ2n) is 6.97. The summed E-state index contributed by atoms with van der Waals surface area (Å²) in [6, 6.07) is 13.6. The van der Waals surface area contributed by atoms with Gasteiger partial charge < -0.3 is 14.2 Å². The Hall–Kier alpha value is -3.98. The first kappa shape index (κ1) is 22.2. The van der Waals surface area contributed by atoms with Crippen LogP contribution in [0.3, 0.4) is 0 Å². The molecule has 0 fully saturated rings. The summed E-state index contributed by atoms with van der Waals surface area (Å²) >= 11 is 1.33. The van der Waals surface area contributed by atoms with E-state index in [-0.39, 0.29) is 12.5 Å². The van der Waals surface area contributed by atoms with E-state index in [0.717, 1.165) is 10.3 Å². The molecule has 0 unspecified atom stereocenters. The number of benzene rings is 2. The Labute approximate surface area is 194 Å². The van der Waals surface area contributed by atoms with E-state index in [2.05, 4.69) is 4.98 Å². The maximum Gasteiger partial charge on any atom is 0.337 e. The minimum atomic E-state index is -0.466. The second kappa shape index (κ2) is 9.66. The van der Waals surface area contributed by atoms with Crippen LogP contribution in [0.4, 0.5) is 5.13 Å². The molecule has 4 aromatic rings. The number of rotatable bonds is 7. The smallest absolute Gasteiger partial charge is 0.337 e. The number of pyridine rings is 1. The maximum atomic E-state index is 13.6. The van der Waals surface area contributed by atoms with Gasteiger partial charge in [-0.3, -0.25) is 14.7 Å². The molecule has 0 aliphatic rings. The third-order valence-electron chi connectivity index (χ3n) is 4.99. The van der Waals surface area contributed by atoms with Gasteiger partial charge in [-0.25, -0.2) is 9.78 Å². The third kappa shape index (κ3) is 4.49. The average molecular weight is 464 g/mol. The van der Waals surface area contributed by atoms with E-state index >= 15 is 0 Å². The number of hydrogen-bond acceptors (Lipinski definition) is 8. The van der Waals surface area contributed by atoms with E-state index in [1.165, 1.54) is 18.4 Å². The van der Waals surface area contributed by atoms with Gasteiger partial charge in [0.05, 0.1) is 33.4 Å². The van der Waals surface area contributed by atoms with Crippen molar-refractivity contribution in [2.45, 2.75) is 6.54 Å². The van der Waals surface area contributed by atoms with Crippen molar-refractivity contribution in [3.8, 4) is 11.5 Å². The van der Waals surface area contributed by atoms with E-state index in [0.29, 0.717) is 33.3 Å². The molecular formula is C24H21N3O5S. The second-order valence-corrected chi connectivity index (χ2v) is 7.94. The largest absolute Gasteiger partial charge is 0.495 e. The van der Waals surface area contributed by atoms with E-state index < -0.39 is 5.97 Å². The Kier molecular flexibility index (Phi) is 6.50. The summed E-state index contributed by atoms with van der Waals surface area (Å²) in [5.74, 6) is 0.495. The van der Waals surface area contributed by atoms with Crippen LogP contribution in [0, 0.1) is 0 Å². The van der Waals surface area contributed by atoms with Crippen LogP contribution in [0.5, 0.6) is 11.5 Å². The van der Waals surface area contributed by atoms with E-state index in [4.69, 9.17) is 19.2 Å². The van der Waals surface area contributed by atoms with Crippen molar-refractivity contribution >= 4 is 38.6 Å². The van der Waals surface area contributed by atoms with Crippen LogP contribution < -0.4 is 14.4 Å². The first-order chi connectivity index (χ1) is 16.0. The molecule has 0 saturated carbocycles. The first-order valence-electron chi connectivity index (χ1n) is 9.96. The highest BCUT2D eigenvalue weighted by molar-refractivity contribution is 7.22. The molecule has 2 aromatic heterocycles. The molecule has 0 spiro atoms. The van der Waals surface area contributed by atoms with Crippen molar-refractivity contribution in [2.24, 2.45) is 0 Å². The fraction of sp³-hybridized carbons (Fsp3) is 0.167. The van der Waals surface area contributed by atoms with Crippen LogP contribution in [0.25, 0.3) is 10.2 Å². The molecule has 0 bridgehead atoms. The zero-order chi connectivity index (χ0) is 23.4. The maximum absolute atomic E-state index is 13.6. The fourth-order valence-corrected chi connectivity index (χ4v) is 4.38. The van der Waals surface area contributed by atoms with Gasteiger partial charge in [-0.15, -0.1) is 0 Å². The Morgan fingerprint density at radius 1 is 0.939 bits per heavy atom. The number of methoxy groups -OCH3 is 3. The molecular weight excluding hydrogens is 442 g/mol. The number of fused-ring (bicyclic) bond motifs is 1. The Balaban J connectivity index is 1.78. The van der Waals surface area contributed by atoms with Crippen molar-refractivity contribution in [3.63, 3.8) is 0 Å². The van der Waals surface area contributed by atoms with Crippen LogP contribution in [-0.2, 0) is 11.3 Å². The molecule has 9 heteroatoms. The van der Waals surface area contributed by atoms with Crippen molar-refractivity contribution in [1.29, 1.82) is 0 Å². The minimum Gasteiger partial charge on any atom is -0.495 e. The van der Waals surface area contributed by atoms with Crippen LogP contribution in [0.2, 0.25) is 0 Å². The average Bonchev–Trinajstić information content (AvgIpc) is 3.32. The molecule has 0 N–H and O–H groups in total. The molecule has 0 atom stereocenters. The molecule has 168 valence electrons. The third-order valence-corrected chi connectivity index (χ3v) is 6.08. The van der Waals surface area contributed by atoms with E-state index in [1.807, 2.05) is 18.2 Å². The molecule has 1 amide bonds. The summed E-state index contributed by atoms with van der Waals surface area (Å²) < 4.78 is 16.5. The van der Waals surface area contributed by atoms with Crippen LogP contribution in [0.15, 0.2) is 60.9 Å². The predicted molar refractivity (Wildman–Crippen MR) is 125 cm³/mol. The number of esters is 1. The summed E-state index contributed by atoms with van der Waals surface area (Å²) in [5.41, 5.74) is 2.23. The quantitative estimate of drug-likeness (QED) is 0.377. The summed E-state index contributed by atoms with van der Waals surface area (Å²) in [4.78, 5) is 35.8. The number of nitrogens with zero attached hydrogens (tertiary/aromatic N) is 3. The molecule has 0 radical (unpaired) electrons. The number of anilines is 1. The zero-order valence-corrected chi connectivity index (χ0v) is 19.1. The lowest BCUT2D eigenvalue weighted by molar-refractivity contribution is 0.0600. The van der Waals surface area contributed by atoms with Gasteiger partial charge in [-0.1, -0.05) is 17.4 Å². The van der Waals surface area contributed by atoms with Gasteiger partial charge in [-0.2, -0.15) is 0 Å². The number of carbonyl (C=O) groups excluding carboxylic acids is 2. The summed E-state index contributed by atoms with van der Waals surface area (Å²) in [6.45, 7) is 0.260. The highest BCUT2D eigenvalue weighted by Gasteiger charge is 2.24. The van der Waals surface area contributed by atoms with Gasteiger partial charge in [-0.05, 0) is 48.0 Å². The molecule has 4 rings (SSSR count). The lowest BCUT2D eigenvalue weighted by atomic mass is 10.1. The van der Waals surface area contributed by atoms with Gasteiger partial charge in [0.25, 0.3) is 5.91 Å². The number of amides is 1. The molecule has 0 aliphatic carbocycles. The van der Waals surface area contributed by atoms with Crippen molar-refractivity contribution in [3.05, 3.63) is 77.6 Å². The predicted octanol–water partition coefficient (Wildman–Crippen LogP) is 4.34. The highest BCUT2D eigenvalue weighted by atomic mass is 32.1. The molecule has 0 aliphatic heterocycles. The lowest BCUT2D eigenvalue weighted by Crippen LogP contribution is -2.30. The Morgan fingerprint density at radius 3 is 2.27 bits per heavy atom. The molecule has 0 saturated heterocycles. The normalized spacial score (nSPS) is 10.6. The van der Waals surface area contributed by atoms with Crippen LogP contribution in [-0.4, -0.2) is 43.2 Å². The van der Waals surface area contributed by atoms with Gasteiger partial charge in [0.1, 0.15) is 21.7 Å². The summed E-state index contributed by atoms with van der Waals surface area (Å²) in [7, 11) is 4.47. The van der Waals surface area contributed by atoms with E-state index in [1.54, 1.807) is 61.8 Å². The molecule has 33 heavy (non-hydrogen) atoms. The number of thiazole rings is 1. The monoisotopic (exact) mass is 463 g/mol. The number of aromatic nitrogens is 2.